The molecule has 74 valence electrons. The Morgan fingerprint density at radius 3 is 2.79 bits per heavy atom. The van der Waals surface area contributed by atoms with Gasteiger partial charge in [0, 0.05) is 13.1 Å². The zero-order valence-corrected chi connectivity index (χ0v) is 9.90. The molecule has 0 radical (unpaired) electrons. The molecule has 1 aliphatic rings. The van der Waals surface area contributed by atoms with Crippen molar-refractivity contribution in [3.8, 4) is 6.07 Å². The third-order valence-electron chi connectivity index (χ3n) is 2.08. The van der Waals surface area contributed by atoms with Crippen LogP contribution in [0.15, 0.2) is 10.5 Å². The van der Waals surface area contributed by atoms with Gasteiger partial charge in [0.05, 0.1) is 17.7 Å². The fraction of sp³-hybridized carbons (Fsp3) is 0.444. The van der Waals surface area contributed by atoms with Gasteiger partial charge >= 0.3 is 0 Å². The topological polar surface area (TPSA) is 36.3 Å². The van der Waals surface area contributed by atoms with Gasteiger partial charge < -0.3 is 9.64 Å². The van der Waals surface area contributed by atoms with Crippen LogP contribution in [0.3, 0.4) is 0 Å². The van der Waals surface area contributed by atoms with Crippen LogP contribution in [-0.4, -0.2) is 26.3 Å². The molecule has 5 heteroatoms. The highest BCUT2D eigenvalue weighted by Crippen LogP contribution is 2.35. The van der Waals surface area contributed by atoms with Crippen molar-refractivity contribution in [1.29, 1.82) is 5.26 Å². The predicted molar refractivity (Wildman–Crippen MR) is 59.8 cm³/mol. The highest BCUT2D eigenvalue weighted by atomic mass is 79.9. The summed E-state index contributed by atoms with van der Waals surface area (Å²) in [7, 11) is 0. The van der Waals surface area contributed by atoms with E-state index in [1.54, 1.807) is 0 Å². The first-order chi connectivity index (χ1) is 6.81. The molecule has 0 N–H and O–H groups in total. The van der Waals surface area contributed by atoms with Crippen molar-refractivity contribution in [2.75, 3.05) is 31.2 Å². The van der Waals surface area contributed by atoms with E-state index in [-0.39, 0.29) is 0 Å². The number of rotatable bonds is 1. The molecule has 1 aromatic heterocycles. The third-order valence-corrected chi connectivity index (χ3v) is 4.04. The Morgan fingerprint density at radius 2 is 2.21 bits per heavy atom. The number of nitrogens with zero attached hydrogens (tertiary/aromatic N) is 2. The Hall–Kier alpha value is -0.570. The average molecular weight is 273 g/mol. The van der Waals surface area contributed by atoms with Crippen LogP contribution in [0.1, 0.15) is 4.88 Å². The molecule has 0 aliphatic carbocycles. The van der Waals surface area contributed by atoms with Gasteiger partial charge in [0.15, 0.2) is 0 Å². The number of anilines is 1. The summed E-state index contributed by atoms with van der Waals surface area (Å²) >= 11 is 5.00. The zero-order chi connectivity index (χ0) is 9.97. The highest BCUT2D eigenvalue weighted by Gasteiger charge is 2.16. The molecule has 0 saturated carbocycles. The summed E-state index contributed by atoms with van der Waals surface area (Å²) in [6, 6.07) is 4.03. The monoisotopic (exact) mass is 272 g/mol. The lowest BCUT2D eigenvalue weighted by Gasteiger charge is -2.27. The van der Waals surface area contributed by atoms with Crippen molar-refractivity contribution in [2.24, 2.45) is 0 Å². The molecule has 2 heterocycles. The lowest BCUT2D eigenvalue weighted by atomic mass is 10.4. The maximum Gasteiger partial charge on any atom is 0.110 e. The number of thiophene rings is 1. The van der Waals surface area contributed by atoms with E-state index < -0.39 is 0 Å². The van der Waals surface area contributed by atoms with Crippen LogP contribution in [0.4, 0.5) is 5.00 Å². The van der Waals surface area contributed by atoms with Crippen LogP contribution in [0.5, 0.6) is 0 Å². The molecule has 1 fully saturated rings. The number of halogens is 1. The summed E-state index contributed by atoms with van der Waals surface area (Å²) < 4.78 is 6.29. The number of nitriles is 1. The molecule has 0 amide bonds. The average Bonchev–Trinajstić information content (AvgIpc) is 2.61. The summed E-state index contributed by atoms with van der Waals surface area (Å²) in [4.78, 5) is 3.00. The number of hydrogen-bond acceptors (Lipinski definition) is 4. The molecular formula is C9H9BrN2OS. The standard InChI is InChI=1S/C9H9BrN2OS/c10-8-5-7(6-11)14-9(8)12-1-3-13-4-2-12/h5H,1-4H2. The summed E-state index contributed by atoms with van der Waals surface area (Å²) in [6.07, 6.45) is 0. The second kappa shape index (κ2) is 4.30. The second-order valence-corrected chi connectivity index (χ2v) is 4.86. The Kier molecular flexibility index (Phi) is 3.06. The van der Waals surface area contributed by atoms with Gasteiger partial charge in [-0.25, -0.2) is 0 Å². The highest BCUT2D eigenvalue weighted by molar-refractivity contribution is 9.10. The van der Waals surface area contributed by atoms with Crippen molar-refractivity contribution in [1.82, 2.24) is 0 Å². The zero-order valence-electron chi connectivity index (χ0n) is 7.49. The van der Waals surface area contributed by atoms with E-state index in [9.17, 15) is 0 Å². The molecule has 2 rings (SSSR count). The summed E-state index contributed by atoms with van der Waals surface area (Å²) in [5.41, 5.74) is 0. The minimum Gasteiger partial charge on any atom is -0.378 e. The number of ether oxygens (including phenoxy) is 1. The number of hydrogen-bond donors (Lipinski definition) is 0. The number of morpholine rings is 1. The first-order valence-electron chi connectivity index (χ1n) is 4.33. The van der Waals surface area contributed by atoms with Gasteiger partial charge in [-0.05, 0) is 22.0 Å². The molecular weight excluding hydrogens is 264 g/mol. The van der Waals surface area contributed by atoms with Gasteiger partial charge in [-0.15, -0.1) is 11.3 Å². The summed E-state index contributed by atoms with van der Waals surface area (Å²) in [5.74, 6) is 0. The predicted octanol–water partition coefficient (Wildman–Crippen LogP) is 2.22. The molecule has 14 heavy (non-hydrogen) atoms. The molecule has 1 aromatic rings. The molecule has 0 atom stereocenters. The van der Waals surface area contributed by atoms with E-state index in [2.05, 4.69) is 26.9 Å². The Balaban J connectivity index is 2.22. The van der Waals surface area contributed by atoms with Crippen LogP contribution in [0.25, 0.3) is 0 Å². The normalized spacial score (nSPS) is 16.7. The Bertz CT molecular complexity index is 365. The summed E-state index contributed by atoms with van der Waals surface area (Å²) in [6.45, 7) is 3.35. The van der Waals surface area contributed by atoms with Crippen molar-refractivity contribution in [2.45, 2.75) is 0 Å². The van der Waals surface area contributed by atoms with E-state index in [4.69, 9.17) is 10.00 Å². The fourth-order valence-electron chi connectivity index (χ4n) is 1.40. The van der Waals surface area contributed by atoms with E-state index in [0.29, 0.717) is 0 Å². The SMILES string of the molecule is N#Cc1cc(Br)c(N2CCOCC2)s1. The Labute approximate surface area is 95.0 Å². The lowest BCUT2D eigenvalue weighted by Crippen LogP contribution is -2.35. The van der Waals surface area contributed by atoms with E-state index in [0.717, 1.165) is 40.7 Å². The van der Waals surface area contributed by atoms with Crippen molar-refractivity contribution in [3.63, 3.8) is 0 Å². The van der Waals surface area contributed by atoms with Crippen molar-refractivity contribution in [3.05, 3.63) is 15.4 Å². The lowest BCUT2D eigenvalue weighted by molar-refractivity contribution is 0.123. The molecule has 0 aromatic carbocycles. The van der Waals surface area contributed by atoms with E-state index in [1.165, 1.54) is 11.3 Å². The van der Waals surface area contributed by atoms with Crippen LogP contribution in [0.2, 0.25) is 0 Å². The van der Waals surface area contributed by atoms with Crippen molar-refractivity contribution < 1.29 is 4.74 Å². The van der Waals surface area contributed by atoms with Gasteiger partial charge in [0.25, 0.3) is 0 Å². The molecule has 1 aliphatic heterocycles. The van der Waals surface area contributed by atoms with Crippen molar-refractivity contribution >= 4 is 32.3 Å². The first-order valence-corrected chi connectivity index (χ1v) is 5.94. The smallest absolute Gasteiger partial charge is 0.110 e. The minimum atomic E-state index is 0.748. The molecule has 0 unspecified atom stereocenters. The third kappa shape index (κ3) is 1.92. The van der Waals surface area contributed by atoms with Gasteiger partial charge in [0.1, 0.15) is 15.9 Å². The van der Waals surface area contributed by atoms with Crippen LogP contribution in [0, 0.1) is 11.3 Å². The fourth-order valence-corrected chi connectivity index (χ4v) is 3.17. The van der Waals surface area contributed by atoms with E-state index >= 15 is 0 Å². The van der Waals surface area contributed by atoms with Gasteiger partial charge in [-0.1, -0.05) is 0 Å². The van der Waals surface area contributed by atoms with Gasteiger partial charge in [-0.3, -0.25) is 0 Å². The maximum atomic E-state index is 8.77. The summed E-state index contributed by atoms with van der Waals surface area (Å²) in [5, 5.41) is 9.91. The van der Waals surface area contributed by atoms with E-state index in [1.807, 2.05) is 6.07 Å². The van der Waals surface area contributed by atoms with Gasteiger partial charge in [-0.2, -0.15) is 5.26 Å². The van der Waals surface area contributed by atoms with Crippen LogP contribution < -0.4 is 4.90 Å². The molecule has 1 saturated heterocycles. The second-order valence-electron chi connectivity index (χ2n) is 2.97. The van der Waals surface area contributed by atoms with Crippen LogP contribution in [-0.2, 0) is 4.74 Å². The maximum absolute atomic E-state index is 8.77. The van der Waals surface area contributed by atoms with Gasteiger partial charge in [0.2, 0.25) is 0 Å². The largest absolute Gasteiger partial charge is 0.378 e. The minimum absolute atomic E-state index is 0.748. The van der Waals surface area contributed by atoms with Crippen LogP contribution >= 0.6 is 27.3 Å². The first kappa shape index (κ1) is 9.97. The molecule has 3 nitrogen and oxygen atoms in total. The Morgan fingerprint density at radius 1 is 1.50 bits per heavy atom. The molecule has 0 bridgehead atoms. The molecule has 0 spiro atoms. The quantitative estimate of drug-likeness (QED) is 0.787.